The van der Waals surface area contributed by atoms with Gasteiger partial charge in [-0.05, 0) is 36.8 Å². The molecule has 1 amide bonds. The van der Waals surface area contributed by atoms with E-state index in [1.54, 1.807) is 43.6 Å². The predicted molar refractivity (Wildman–Crippen MR) is 102 cm³/mol. The molecule has 8 heteroatoms. The van der Waals surface area contributed by atoms with Gasteiger partial charge >= 0.3 is 0 Å². The van der Waals surface area contributed by atoms with Crippen LogP contribution in [0.25, 0.3) is 0 Å². The highest BCUT2D eigenvalue weighted by atomic mass is 35.5. The summed E-state index contributed by atoms with van der Waals surface area (Å²) in [5.41, 5.74) is 2.36. The summed E-state index contributed by atoms with van der Waals surface area (Å²) in [5.74, 6) is -0.0414. The smallest absolute Gasteiger partial charge is 0.270 e. The SMILES string of the molecule is Cc1cc(C(=O)NCc2cccnc2)nc(Nc2cccc(Cl)c2Cl)n1. The van der Waals surface area contributed by atoms with Gasteiger partial charge in [-0.3, -0.25) is 9.78 Å². The number of nitrogens with zero attached hydrogens (tertiary/aromatic N) is 3. The van der Waals surface area contributed by atoms with Crippen LogP contribution in [0, 0.1) is 6.92 Å². The van der Waals surface area contributed by atoms with Crippen LogP contribution < -0.4 is 10.6 Å². The molecule has 0 fully saturated rings. The van der Waals surface area contributed by atoms with Crippen LogP contribution in [0.4, 0.5) is 11.6 Å². The number of benzene rings is 1. The molecule has 0 aliphatic carbocycles. The second kappa shape index (κ2) is 8.12. The van der Waals surface area contributed by atoms with Crippen LogP contribution >= 0.6 is 23.2 Å². The Hall–Kier alpha value is -2.70. The molecule has 0 unspecified atom stereocenters. The van der Waals surface area contributed by atoms with E-state index in [-0.39, 0.29) is 17.5 Å². The van der Waals surface area contributed by atoms with Gasteiger partial charge < -0.3 is 10.6 Å². The highest BCUT2D eigenvalue weighted by Crippen LogP contribution is 2.30. The lowest BCUT2D eigenvalue weighted by Crippen LogP contribution is -2.24. The van der Waals surface area contributed by atoms with E-state index in [1.165, 1.54) is 0 Å². The van der Waals surface area contributed by atoms with Crippen molar-refractivity contribution >= 4 is 40.7 Å². The summed E-state index contributed by atoms with van der Waals surface area (Å²) in [7, 11) is 0. The van der Waals surface area contributed by atoms with Crippen molar-refractivity contribution in [3.8, 4) is 0 Å². The Labute approximate surface area is 160 Å². The third-order valence-electron chi connectivity index (χ3n) is 3.46. The number of nitrogens with one attached hydrogen (secondary N) is 2. The quantitative estimate of drug-likeness (QED) is 0.686. The van der Waals surface area contributed by atoms with E-state index in [2.05, 4.69) is 25.6 Å². The first-order valence-corrected chi connectivity index (χ1v) is 8.52. The number of halogens is 2. The van der Waals surface area contributed by atoms with Crippen LogP contribution in [0.1, 0.15) is 21.7 Å². The van der Waals surface area contributed by atoms with Gasteiger partial charge in [-0.2, -0.15) is 0 Å². The molecule has 0 radical (unpaired) electrons. The number of hydrogen-bond acceptors (Lipinski definition) is 5. The van der Waals surface area contributed by atoms with E-state index in [9.17, 15) is 4.79 Å². The first-order chi connectivity index (χ1) is 12.5. The maximum Gasteiger partial charge on any atom is 0.270 e. The molecule has 0 spiro atoms. The average molecular weight is 388 g/mol. The van der Waals surface area contributed by atoms with E-state index in [1.807, 2.05) is 12.1 Å². The molecule has 0 bridgehead atoms. The maximum atomic E-state index is 12.4. The molecule has 2 aromatic heterocycles. The van der Waals surface area contributed by atoms with Crippen molar-refractivity contribution in [1.82, 2.24) is 20.3 Å². The van der Waals surface area contributed by atoms with Crippen molar-refractivity contribution in [2.24, 2.45) is 0 Å². The predicted octanol–water partition coefficient (Wildman–Crippen LogP) is 4.16. The molecular weight excluding hydrogens is 373 g/mol. The molecule has 132 valence electrons. The van der Waals surface area contributed by atoms with Gasteiger partial charge in [0.15, 0.2) is 0 Å². The Balaban J connectivity index is 1.76. The fraction of sp³-hybridized carbons (Fsp3) is 0.111. The first kappa shape index (κ1) is 18.1. The Kier molecular flexibility index (Phi) is 5.65. The molecule has 0 saturated heterocycles. The van der Waals surface area contributed by atoms with Gasteiger partial charge in [0.25, 0.3) is 5.91 Å². The second-order valence-corrected chi connectivity index (χ2v) is 6.27. The van der Waals surface area contributed by atoms with E-state index in [0.717, 1.165) is 5.56 Å². The molecule has 2 heterocycles. The van der Waals surface area contributed by atoms with E-state index < -0.39 is 0 Å². The van der Waals surface area contributed by atoms with Crippen LogP contribution in [-0.2, 0) is 6.54 Å². The van der Waals surface area contributed by atoms with Gasteiger partial charge in [-0.15, -0.1) is 0 Å². The van der Waals surface area contributed by atoms with E-state index >= 15 is 0 Å². The molecule has 26 heavy (non-hydrogen) atoms. The summed E-state index contributed by atoms with van der Waals surface area (Å²) in [4.78, 5) is 25.0. The molecule has 0 aliphatic heterocycles. The van der Waals surface area contributed by atoms with Crippen LogP contribution in [0.3, 0.4) is 0 Å². The lowest BCUT2D eigenvalue weighted by atomic mass is 10.2. The highest BCUT2D eigenvalue weighted by Gasteiger charge is 2.12. The summed E-state index contributed by atoms with van der Waals surface area (Å²) in [6.45, 7) is 2.14. The molecule has 2 N–H and O–H groups in total. The lowest BCUT2D eigenvalue weighted by molar-refractivity contribution is 0.0945. The Bertz CT molecular complexity index is 934. The number of aryl methyl sites for hydroxylation is 1. The fourth-order valence-electron chi connectivity index (χ4n) is 2.24. The number of amides is 1. The van der Waals surface area contributed by atoms with Crippen molar-refractivity contribution < 1.29 is 4.79 Å². The molecule has 0 atom stereocenters. The third-order valence-corrected chi connectivity index (χ3v) is 4.28. The fourth-order valence-corrected chi connectivity index (χ4v) is 2.58. The molecule has 3 rings (SSSR count). The number of carbonyl (C=O) groups is 1. The lowest BCUT2D eigenvalue weighted by Gasteiger charge is -2.10. The van der Waals surface area contributed by atoms with E-state index in [4.69, 9.17) is 23.2 Å². The molecule has 6 nitrogen and oxygen atoms in total. The molecule has 1 aromatic carbocycles. The minimum Gasteiger partial charge on any atom is -0.347 e. The second-order valence-electron chi connectivity index (χ2n) is 5.49. The van der Waals surface area contributed by atoms with Crippen molar-refractivity contribution in [2.45, 2.75) is 13.5 Å². The van der Waals surface area contributed by atoms with Crippen molar-refractivity contribution in [1.29, 1.82) is 0 Å². The Morgan fingerprint density at radius 1 is 1.15 bits per heavy atom. The minimum atomic E-state index is -0.306. The summed E-state index contributed by atoms with van der Waals surface area (Å²) < 4.78 is 0. The van der Waals surface area contributed by atoms with Crippen molar-refractivity contribution in [2.75, 3.05) is 5.32 Å². The number of anilines is 2. The zero-order chi connectivity index (χ0) is 18.5. The molecule has 0 aliphatic rings. The zero-order valence-corrected chi connectivity index (χ0v) is 15.3. The normalized spacial score (nSPS) is 10.4. The topological polar surface area (TPSA) is 79.8 Å². The van der Waals surface area contributed by atoms with Gasteiger partial charge in [0.1, 0.15) is 5.69 Å². The first-order valence-electron chi connectivity index (χ1n) is 7.77. The standard InChI is InChI=1S/C18H15Cl2N5O/c1-11-8-15(17(26)22-10-12-4-3-7-21-9-12)25-18(23-11)24-14-6-2-5-13(19)16(14)20/h2-9H,10H2,1H3,(H,22,26)(H,23,24,25). The molecule has 0 saturated carbocycles. The summed E-state index contributed by atoms with van der Waals surface area (Å²) >= 11 is 12.2. The Morgan fingerprint density at radius 3 is 2.77 bits per heavy atom. The van der Waals surface area contributed by atoms with Crippen LogP contribution in [0.2, 0.25) is 10.0 Å². The zero-order valence-electron chi connectivity index (χ0n) is 13.8. The van der Waals surface area contributed by atoms with E-state index in [0.29, 0.717) is 28.0 Å². The summed E-state index contributed by atoms with van der Waals surface area (Å²) in [6, 6.07) is 10.5. The molecular formula is C18H15Cl2N5O. The van der Waals surface area contributed by atoms with Crippen LogP contribution in [0.15, 0.2) is 48.8 Å². The summed E-state index contributed by atoms with van der Waals surface area (Å²) in [6.07, 6.45) is 3.37. The van der Waals surface area contributed by atoms with Crippen molar-refractivity contribution in [3.63, 3.8) is 0 Å². The van der Waals surface area contributed by atoms with Gasteiger partial charge in [0, 0.05) is 24.6 Å². The number of carbonyl (C=O) groups excluding carboxylic acids is 1. The maximum absolute atomic E-state index is 12.4. The highest BCUT2D eigenvalue weighted by molar-refractivity contribution is 6.43. The summed E-state index contributed by atoms with van der Waals surface area (Å²) in [5, 5.41) is 6.58. The van der Waals surface area contributed by atoms with Gasteiger partial charge in [-0.25, -0.2) is 9.97 Å². The number of rotatable bonds is 5. The number of pyridine rings is 1. The molecule has 3 aromatic rings. The Morgan fingerprint density at radius 2 is 2.00 bits per heavy atom. The van der Waals surface area contributed by atoms with Gasteiger partial charge in [0.05, 0.1) is 15.7 Å². The number of aromatic nitrogens is 3. The van der Waals surface area contributed by atoms with Crippen LogP contribution in [-0.4, -0.2) is 20.9 Å². The van der Waals surface area contributed by atoms with Gasteiger partial charge in [0.2, 0.25) is 5.95 Å². The largest absolute Gasteiger partial charge is 0.347 e. The average Bonchev–Trinajstić information content (AvgIpc) is 2.64. The monoisotopic (exact) mass is 387 g/mol. The number of hydrogen-bond donors (Lipinski definition) is 2. The van der Waals surface area contributed by atoms with Gasteiger partial charge in [-0.1, -0.05) is 35.3 Å². The minimum absolute atomic E-state index is 0.252. The van der Waals surface area contributed by atoms with Crippen molar-refractivity contribution in [3.05, 3.63) is 75.8 Å². The van der Waals surface area contributed by atoms with Crippen LogP contribution in [0.5, 0.6) is 0 Å². The third kappa shape index (κ3) is 4.47.